The Balaban J connectivity index is 0.00000139. The van der Waals surface area contributed by atoms with Gasteiger partial charge in [-0.3, -0.25) is 4.79 Å². The fourth-order valence-electron chi connectivity index (χ4n) is 2.07. The van der Waals surface area contributed by atoms with Crippen LogP contribution in [-0.4, -0.2) is 44.1 Å². The number of nitrogens with zero attached hydrogens (tertiary/aromatic N) is 1. The minimum atomic E-state index is -0.152. The molecule has 0 aliphatic carbocycles. The summed E-state index contributed by atoms with van der Waals surface area (Å²) >= 11 is 6.10. The van der Waals surface area contributed by atoms with Crippen LogP contribution in [0.5, 0.6) is 0 Å². The van der Waals surface area contributed by atoms with E-state index in [9.17, 15) is 4.79 Å². The third kappa shape index (κ3) is 5.79. The third-order valence-corrected chi connectivity index (χ3v) is 4.35. The predicted molar refractivity (Wildman–Crippen MR) is 106 cm³/mol. The lowest BCUT2D eigenvalue weighted by atomic mass is 10.3. The minimum absolute atomic E-state index is 0.152. The molecule has 136 valence electrons. The molecule has 2 rings (SSSR count). The second-order valence-corrected chi connectivity index (χ2v) is 6.51. The normalized spacial score (nSPS) is 10.5. The Hall–Kier alpha value is -1.05. The highest BCUT2D eigenvalue weighted by Gasteiger charge is 2.15. The van der Waals surface area contributed by atoms with E-state index in [0.29, 0.717) is 17.2 Å². The predicted octanol–water partition coefficient (Wildman–Crippen LogP) is 3.84. The molecule has 0 atom stereocenters. The zero-order chi connectivity index (χ0) is 17.9. The van der Waals surface area contributed by atoms with Gasteiger partial charge in [-0.25, -0.2) is 0 Å². The Morgan fingerprint density at radius 3 is 2.67 bits per heavy atom. The maximum atomic E-state index is 12.1. The van der Waals surface area contributed by atoms with Crippen LogP contribution in [0.4, 0.5) is 5.88 Å². The van der Waals surface area contributed by atoms with Crippen molar-refractivity contribution >= 4 is 41.4 Å². The Morgan fingerprint density at radius 1 is 1.25 bits per heavy atom. The molecule has 24 heavy (non-hydrogen) atoms. The SMILES string of the molecule is CC.COCCSCCN(CCS)c1cc(=O)c2occ(C)c2o1. The van der Waals surface area contributed by atoms with Gasteiger partial charge in [0.05, 0.1) is 18.9 Å². The third-order valence-electron chi connectivity index (χ3n) is 3.22. The molecule has 2 aromatic heterocycles. The number of rotatable bonds is 9. The van der Waals surface area contributed by atoms with Crippen molar-refractivity contribution in [1.29, 1.82) is 0 Å². The highest BCUT2D eigenvalue weighted by Crippen LogP contribution is 2.23. The van der Waals surface area contributed by atoms with E-state index >= 15 is 0 Å². The van der Waals surface area contributed by atoms with Crippen molar-refractivity contribution in [3.05, 3.63) is 28.1 Å². The average Bonchev–Trinajstić information content (AvgIpc) is 2.97. The molecular weight excluding hydrogens is 346 g/mol. The van der Waals surface area contributed by atoms with Crippen molar-refractivity contribution in [2.45, 2.75) is 20.8 Å². The van der Waals surface area contributed by atoms with Crippen LogP contribution in [0.3, 0.4) is 0 Å². The minimum Gasteiger partial charge on any atom is -0.456 e. The number of thioether (sulfide) groups is 1. The zero-order valence-corrected chi connectivity index (χ0v) is 16.5. The van der Waals surface area contributed by atoms with Crippen LogP contribution in [0, 0.1) is 6.92 Å². The number of methoxy groups -OCH3 is 1. The second kappa shape index (κ2) is 11.5. The summed E-state index contributed by atoms with van der Waals surface area (Å²) in [6.07, 6.45) is 1.54. The molecule has 0 bridgehead atoms. The van der Waals surface area contributed by atoms with E-state index in [1.165, 1.54) is 6.07 Å². The van der Waals surface area contributed by atoms with Crippen molar-refractivity contribution in [1.82, 2.24) is 0 Å². The van der Waals surface area contributed by atoms with Crippen LogP contribution >= 0.6 is 24.4 Å². The summed E-state index contributed by atoms with van der Waals surface area (Å²) in [7, 11) is 1.70. The first-order chi connectivity index (χ1) is 11.7. The average molecular weight is 374 g/mol. The van der Waals surface area contributed by atoms with Gasteiger partial charge in [-0.05, 0) is 6.92 Å². The lowest BCUT2D eigenvalue weighted by molar-refractivity contribution is 0.218. The first kappa shape index (κ1) is 21.0. The molecule has 2 heterocycles. The Kier molecular flexibility index (Phi) is 10.1. The van der Waals surface area contributed by atoms with Gasteiger partial charge in [-0.1, -0.05) is 13.8 Å². The quantitative estimate of drug-likeness (QED) is 0.532. The number of fused-ring (bicyclic) bond motifs is 1. The van der Waals surface area contributed by atoms with Crippen LogP contribution < -0.4 is 10.3 Å². The van der Waals surface area contributed by atoms with Crippen LogP contribution in [0.15, 0.2) is 26.0 Å². The second-order valence-electron chi connectivity index (χ2n) is 4.84. The molecule has 0 aliphatic rings. The van der Waals surface area contributed by atoms with E-state index in [2.05, 4.69) is 12.6 Å². The van der Waals surface area contributed by atoms with Gasteiger partial charge in [0.25, 0.3) is 0 Å². The molecule has 0 N–H and O–H groups in total. The van der Waals surface area contributed by atoms with Crippen LogP contribution in [0.2, 0.25) is 0 Å². The highest BCUT2D eigenvalue weighted by molar-refractivity contribution is 7.99. The molecule has 0 saturated heterocycles. The standard InChI is InChI=1S/C15H21NO4S2.C2H6/c1-11-10-19-15-12(17)9-13(20-14(11)15)16(3-6-21)4-7-22-8-5-18-2;1-2/h9-10,21H,3-8H2,1-2H3;1-2H3. The molecule has 0 aliphatic heterocycles. The lowest BCUT2D eigenvalue weighted by Gasteiger charge is -2.22. The number of hydrogen-bond acceptors (Lipinski definition) is 7. The fraction of sp³-hybridized carbons (Fsp3) is 0.588. The van der Waals surface area contributed by atoms with E-state index in [0.717, 1.165) is 36.8 Å². The number of hydrogen-bond donors (Lipinski definition) is 1. The van der Waals surface area contributed by atoms with Crippen molar-refractivity contribution in [2.24, 2.45) is 0 Å². The Labute approximate surface area is 153 Å². The fourth-order valence-corrected chi connectivity index (χ4v) is 3.15. The largest absolute Gasteiger partial charge is 0.456 e. The monoisotopic (exact) mass is 373 g/mol. The number of thiol groups is 1. The molecule has 0 aromatic carbocycles. The van der Waals surface area contributed by atoms with Gasteiger partial charge in [-0.2, -0.15) is 24.4 Å². The maximum absolute atomic E-state index is 12.1. The molecule has 0 radical (unpaired) electrons. The van der Waals surface area contributed by atoms with Crippen molar-refractivity contribution < 1.29 is 13.6 Å². The van der Waals surface area contributed by atoms with E-state index in [1.54, 1.807) is 13.4 Å². The number of anilines is 1. The summed E-state index contributed by atoms with van der Waals surface area (Å²) in [4.78, 5) is 14.2. The molecule has 7 heteroatoms. The highest BCUT2D eigenvalue weighted by atomic mass is 32.2. The molecule has 0 spiro atoms. The molecule has 0 fully saturated rings. The summed E-state index contributed by atoms with van der Waals surface area (Å²) in [6.45, 7) is 8.12. The molecular formula is C17H27NO4S2. The van der Waals surface area contributed by atoms with Gasteiger partial charge in [0.2, 0.25) is 11.0 Å². The smallest absolute Gasteiger partial charge is 0.230 e. The first-order valence-electron chi connectivity index (χ1n) is 8.11. The van der Waals surface area contributed by atoms with E-state index in [-0.39, 0.29) is 11.0 Å². The summed E-state index contributed by atoms with van der Waals surface area (Å²) in [5.74, 6) is 3.15. The molecule has 0 unspecified atom stereocenters. The van der Waals surface area contributed by atoms with Gasteiger partial charge in [0, 0.05) is 43.0 Å². The van der Waals surface area contributed by atoms with E-state index in [1.807, 2.05) is 37.4 Å². The van der Waals surface area contributed by atoms with Crippen LogP contribution in [-0.2, 0) is 4.74 Å². The Bertz CT molecular complexity index is 654. The molecule has 0 saturated carbocycles. The van der Waals surface area contributed by atoms with Crippen LogP contribution in [0.1, 0.15) is 19.4 Å². The molecule has 5 nitrogen and oxygen atoms in total. The summed E-state index contributed by atoms with van der Waals surface area (Å²) in [6, 6.07) is 1.49. The molecule has 2 aromatic rings. The summed E-state index contributed by atoms with van der Waals surface area (Å²) < 4.78 is 16.1. The topological polar surface area (TPSA) is 55.8 Å². The van der Waals surface area contributed by atoms with Gasteiger partial charge in [0.1, 0.15) is 0 Å². The molecule has 0 amide bonds. The number of ether oxygens (including phenoxy) is 1. The summed E-state index contributed by atoms with van der Waals surface area (Å²) in [5, 5.41) is 0. The maximum Gasteiger partial charge on any atom is 0.230 e. The zero-order valence-electron chi connectivity index (χ0n) is 14.8. The number of aryl methyl sites for hydroxylation is 1. The van der Waals surface area contributed by atoms with Crippen LogP contribution in [0.25, 0.3) is 11.2 Å². The number of furan rings is 1. The van der Waals surface area contributed by atoms with Crippen molar-refractivity contribution in [3.8, 4) is 0 Å². The Morgan fingerprint density at radius 2 is 2.00 bits per heavy atom. The van der Waals surface area contributed by atoms with Crippen molar-refractivity contribution in [3.63, 3.8) is 0 Å². The van der Waals surface area contributed by atoms with E-state index in [4.69, 9.17) is 13.6 Å². The lowest BCUT2D eigenvalue weighted by Crippen LogP contribution is -2.29. The van der Waals surface area contributed by atoms with Gasteiger partial charge in [0.15, 0.2) is 11.5 Å². The van der Waals surface area contributed by atoms with E-state index < -0.39 is 0 Å². The first-order valence-corrected chi connectivity index (χ1v) is 9.90. The van der Waals surface area contributed by atoms with Crippen molar-refractivity contribution in [2.75, 3.05) is 49.0 Å². The summed E-state index contributed by atoms with van der Waals surface area (Å²) in [5.41, 5.74) is 1.48. The van der Waals surface area contributed by atoms with Gasteiger partial charge >= 0.3 is 0 Å². The van der Waals surface area contributed by atoms with Gasteiger partial charge in [-0.15, -0.1) is 0 Å². The van der Waals surface area contributed by atoms with Gasteiger partial charge < -0.3 is 18.5 Å².